The minimum absolute atomic E-state index is 0.561. The summed E-state index contributed by atoms with van der Waals surface area (Å²) in [5.41, 5.74) is 6.92. The SMILES string of the molecule is CCC1CCCCN1c1ncnc(N(C)C)c1N. The van der Waals surface area contributed by atoms with Gasteiger partial charge in [0.1, 0.15) is 12.0 Å². The Balaban J connectivity index is 2.34. The first-order valence-electron chi connectivity index (χ1n) is 6.69. The van der Waals surface area contributed by atoms with Gasteiger partial charge in [-0.3, -0.25) is 0 Å². The number of anilines is 3. The fourth-order valence-electron chi connectivity index (χ4n) is 2.67. The predicted molar refractivity (Wildman–Crippen MR) is 76.0 cm³/mol. The summed E-state index contributed by atoms with van der Waals surface area (Å²) in [5.74, 6) is 1.71. The summed E-state index contributed by atoms with van der Waals surface area (Å²) in [6, 6.07) is 0.561. The Morgan fingerprint density at radius 1 is 1.39 bits per heavy atom. The summed E-state index contributed by atoms with van der Waals surface area (Å²) in [6.07, 6.45) is 6.51. The highest BCUT2D eigenvalue weighted by atomic mass is 15.3. The van der Waals surface area contributed by atoms with Gasteiger partial charge >= 0.3 is 0 Å². The lowest BCUT2D eigenvalue weighted by Gasteiger charge is -2.37. The maximum absolute atomic E-state index is 6.22. The third-order valence-electron chi connectivity index (χ3n) is 3.64. The molecule has 2 rings (SSSR count). The van der Waals surface area contributed by atoms with Gasteiger partial charge in [0.15, 0.2) is 11.6 Å². The Morgan fingerprint density at radius 2 is 2.17 bits per heavy atom. The first kappa shape index (κ1) is 12.9. The van der Waals surface area contributed by atoms with Crippen molar-refractivity contribution in [2.24, 2.45) is 0 Å². The summed E-state index contributed by atoms with van der Waals surface area (Å²) in [4.78, 5) is 12.9. The summed E-state index contributed by atoms with van der Waals surface area (Å²) in [6.45, 7) is 3.28. The smallest absolute Gasteiger partial charge is 0.157 e. The second kappa shape index (κ2) is 5.42. The minimum atomic E-state index is 0.561. The second-order valence-electron chi connectivity index (χ2n) is 5.08. The molecule has 0 aromatic carbocycles. The number of nitrogen functional groups attached to an aromatic ring is 1. The molecule has 1 saturated heterocycles. The molecule has 2 heterocycles. The van der Waals surface area contributed by atoms with Crippen LogP contribution in [0, 0.1) is 0 Å². The molecule has 1 aliphatic heterocycles. The Kier molecular flexibility index (Phi) is 3.89. The van der Waals surface area contributed by atoms with Gasteiger partial charge in [-0.1, -0.05) is 6.92 Å². The van der Waals surface area contributed by atoms with Crippen LogP contribution in [-0.4, -0.2) is 36.6 Å². The van der Waals surface area contributed by atoms with Crippen LogP contribution in [0.1, 0.15) is 32.6 Å². The molecule has 1 fully saturated rings. The zero-order chi connectivity index (χ0) is 13.1. The van der Waals surface area contributed by atoms with Crippen molar-refractivity contribution in [1.29, 1.82) is 0 Å². The van der Waals surface area contributed by atoms with Crippen molar-refractivity contribution < 1.29 is 0 Å². The highest BCUT2D eigenvalue weighted by Gasteiger charge is 2.25. The maximum Gasteiger partial charge on any atom is 0.157 e. The molecule has 1 aromatic heterocycles. The molecule has 0 amide bonds. The van der Waals surface area contributed by atoms with Crippen LogP contribution in [0.2, 0.25) is 0 Å². The van der Waals surface area contributed by atoms with E-state index in [1.54, 1.807) is 6.33 Å². The molecule has 5 nitrogen and oxygen atoms in total. The van der Waals surface area contributed by atoms with E-state index >= 15 is 0 Å². The highest BCUT2D eigenvalue weighted by Crippen LogP contribution is 2.32. The lowest BCUT2D eigenvalue weighted by molar-refractivity contribution is 0.447. The molecule has 100 valence electrons. The van der Waals surface area contributed by atoms with Gasteiger partial charge in [-0.05, 0) is 25.7 Å². The van der Waals surface area contributed by atoms with Crippen LogP contribution >= 0.6 is 0 Å². The van der Waals surface area contributed by atoms with E-state index < -0.39 is 0 Å². The number of nitrogens with zero attached hydrogens (tertiary/aromatic N) is 4. The molecular weight excluding hydrogens is 226 g/mol. The normalized spacial score (nSPS) is 19.9. The van der Waals surface area contributed by atoms with Crippen molar-refractivity contribution in [2.75, 3.05) is 36.2 Å². The molecule has 18 heavy (non-hydrogen) atoms. The van der Waals surface area contributed by atoms with E-state index in [0.717, 1.165) is 24.6 Å². The van der Waals surface area contributed by atoms with Crippen LogP contribution in [0.25, 0.3) is 0 Å². The summed E-state index contributed by atoms with van der Waals surface area (Å²) in [7, 11) is 3.91. The lowest BCUT2D eigenvalue weighted by Crippen LogP contribution is -2.40. The molecule has 0 radical (unpaired) electrons. The second-order valence-corrected chi connectivity index (χ2v) is 5.08. The average Bonchev–Trinajstić information content (AvgIpc) is 2.38. The van der Waals surface area contributed by atoms with Crippen molar-refractivity contribution in [1.82, 2.24) is 9.97 Å². The number of hydrogen-bond acceptors (Lipinski definition) is 5. The summed E-state index contributed by atoms with van der Waals surface area (Å²) < 4.78 is 0. The third-order valence-corrected chi connectivity index (χ3v) is 3.64. The molecule has 1 aromatic rings. The van der Waals surface area contributed by atoms with E-state index in [1.807, 2.05) is 19.0 Å². The molecule has 1 aliphatic rings. The standard InChI is InChI=1S/C13H23N5/c1-4-10-7-5-6-8-18(10)13-11(14)12(17(2)3)15-9-16-13/h9-10H,4-8,14H2,1-3H3. The van der Waals surface area contributed by atoms with Gasteiger partial charge in [-0.2, -0.15) is 0 Å². The first-order valence-corrected chi connectivity index (χ1v) is 6.69. The van der Waals surface area contributed by atoms with E-state index in [4.69, 9.17) is 5.73 Å². The summed E-state index contributed by atoms with van der Waals surface area (Å²) >= 11 is 0. The van der Waals surface area contributed by atoms with E-state index in [0.29, 0.717) is 11.7 Å². The van der Waals surface area contributed by atoms with Gasteiger partial charge in [0, 0.05) is 26.7 Å². The Bertz CT molecular complexity index is 404. The Labute approximate surface area is 109 Å². The van der Waals surface area contributed by atoms with Crippen molar-refractivity contribution in [3.05, 3.63) is 6.33 Å². The fourth-order valence-corrected chi connectivity index (χ4v) is 2.67. The van der Waals surface area contributed by atoms with Gasteiger partial charge in [-0.15, -0.1) is 0 Å². The molecular formula is C13H23N5. The van der Waals surface area contributed by atoms with Crippen molar-refractivity contribution in [3.63, 3.8) is 0 Å². The van der Waals surface area contributed by atoms with Crippen molar-refractivity contribution in [3.8, 4) is 0 Å². The average molecular weight is 249 g/mol. The minimum Gasteiger partial charge on any atom is -0.393 e. The fraction of sp³-hybridized carbons (Fsp3) is 0.692. The first-order chi connectivity index (χ1) is 8.65. The van der Waals surface area contributed by atoms with Gasteiger partial charge in [0.2, 0.25) is 0 Å². The molecule has 0 bridgehead atoms. The van der Waals surface area contributed by atoms with Crippen LogP contribution in [0.15, 0.2) is 6.33 Å². The van der Waals surface area contributed by atoms with E-state index in [-0.39, 0.29) is 0 Å². The monoisotopic (exact) mass is 249 g/mol. The quantitative estimate of drug-likeness (QED) is 0.886. The predicted octanol–water partition coefficient (Wildman–Crippen LogP) is 1.89. The largest absolute Gasteiger partial charge is 0.393 e. The topological polar surface area (TPSA) is 58.3 Å². The molecule has 0 aliphatic carbocycles. The molecule has 5 heteroatoms. The van der Waals surface area contributed by atoms with E-state index in [9.17, 15) is 0 Å². The Morgan fingerprint density at radius 3 is 2.83 bits per heavy atom. The van der Waals surface area contributed by atoms with Gasteiger partial charge in [0.25, 0.3) is 0 Å². The van der Waals surface area contributed by atoms with Gasteiger partial charge in [-0.25, -0.2) is 9.97 Å². The number of rotatable bonds is 3. The van der Waals surface area contributed by atoms with Crippen LogP contribution in [0.4, 0.5) is 17.3 Å². The van der Waals surface area contributed by atoms with Crippen LogP contribution in [-0.2, 0) is 0 Å². The Hall–Kier alpha value is -1.52. The van der Waals surface area contributed by atoms with Crippen molar-refractivity contribution in [2.45, 2.75) is 38.6 Å². The zero-order valence-corrected chi connectivity index (χ0v) is 11.6. The van der Waals surface area contributed by atoms with E-state index in [1.165, 1.54) is 19.3 Å². The van der Waals surface area contributed by atoms with E-state index in [2.05, 4.69) is 21.8 Å². The van der Waals surface area contributed by atoms with Crippen molar-refractivity contribution >= 4 is 17.3 Å². The molecule has 2 N–H and O–H groups in total. The molecule has 0 saturated carbocycles. The molecule has 0 spiro atoms. The lowest BCUT2D eigenvalue weighted by atomic mass is 10.00. The molecule has 1 unspecified atom stereocenters. The van der Waals surface area contributed by atoms with Crippen LogP contribution in [0.5, 0.6) is 0 Å². The number of nitrogens with two attached hydrogens (primary N) is 1. The molecule has 1 atom stereocenters. The van der Waals surface area contributed by atoms with Gasteiger partial charge in [0.05, 0.1) is 0 Å². The number of aromatic nitrogens is 2. The van der Waals surface area contributed by atoms with Crippen LogP contribution in [0.3, 0.4) is 0 Å². The zero-order valence-electron chi connectivity index (χ0n) is 11.6. The number of piperidine rings is 1. The number of hydrogen-bond donors (Lipinski definition) is 1. The maximum atomic E-state index is 6.22. The highest BCUT2D eigenvalue weighted by molar-refractivity contribution is 5.75. The van der Waals surface area contributed by atoms with Gasteiger partial charge < -0.3 is 15.5 Å². The summed E-state index contributed by atoms with van der Waals surface area (Å²) in [5, 5.41) is 0. The third kappa shape index (κ3) is 2.35. The van der Waals surface area contributed by atoms with Crippen LogP contribution < -0.4 is 15.5 Å².